The Kier molecular flexibility index (Phi) is 2.42. The number of hydrogen-bond donors (Lipinski definition) is 3. The van der Waals surface area contributed by atoms with E-state index in [1.807, 2.05) is 18.2 Å². The number of hydrogen-bond acceptors (Lipinski definition) is 3. The van der Waals surface area contributed by atoms with Crippen LogP contribution in [0.4, 0.5) is 5.82 Å². The van der Waals surface area contributed by atoms with E-state index in [9.17, 15) is 0 Å². The number of ether oxygens (including phenoxy) is 1. The van der Waals surface area contributed by atoms with Crippen molar-refractivity contribution in [3.05, 3.63) is 18.2 Å². The molecule has 0 radical (unpaired) electrons. The van der Waals surface area contributed by atoms with Gasteiger partial charge < -0.3 is 15.8 Å². The number of nitrogens with two attached hydrogens (primary N) is 1. The van der Waals surface area contributed by atoms with E-state index in [1.165, 1.54) is 0 Å². The van der Waals surface area contributed by atoms with Crippen LogP contribution in [0.3, 0.4) is 0 Å². The zero-order valence-electron chi connectivity index (χ0n) is 8.07. The number of benzene rings is 1. The Labute approximate surface area is 91.6 Å². The number of methoxy groups -OCH3 is 1. The van der Waals surface area contributed by atoms with Crippen LogP contribution >= 0.6 is 12.2 Å². The van der Waals surface area contributed by atoms with Crippen molar-refractivity contribution in [1.29, 1.82) is 0 Å². The maximum atomic E-state index is 5.38. The molecule has 1 aromatic heterocycles. The van der Waals surface area contributed by atoms with E-state index in [0.717, 1.165) is 16.7 Å². The van der Waals surface area contributed by atoms with Gasteiger partial charge in [0.2, 0.25) is 0 Å². The summed E-state index contributed by atoms with van der Waals surface area (Å²) in [5.74, 6) is 1.37. The van der Waals surface area contributed by atoms with Gasteiger partial charge in [0.15, 0.2) is 10.9 Å². The standard InChI is InChI=1S/C9H10N4OS/c1-14-5-2-3-7-6(4-5)8(13-12-7)11-9(10)15/h2-4H,1H3,(H4,10,11,12,13,15). The highest BCUT2D eigenvalue weighted by Crippen LogP contribution is 2.24. The summed E-state index contributed by atoms with van der Waals surface area (Å²) in [6.45, 7) is 0. The van der Waals surface area contributed by atoms with Crippen LogP contribution in [-0.4, -0.2) is 22.4 Å². The first kappa shape index (κ1) is 9.72. The second-order valence-corrected chi connectivity index (χ2v) is 3.41. The Bertz CT molecular complexity index is 508. The highest BCUT2D eigenvalue weighted by Gasteiger charge is 2.06. The minimum Gasteiger partial charge on any atom is -0.497 e. The van der Waals surface area contributed by atoms with Crippen LogP contribution in [0.5, 0.6) is 5.75 Å². The molecule has 0 aliphatic rings. The van der Waals surface area contributed by atoms with Crippen LogP contribution in [-0.2, 0) is 0 Å². The highest BCUT2D eigenvalue weighted by molar-refractivity contribution is 7.80. The fourth-order valence-electron chi connectivity index (χ4n) is 1.33. The number of H-pyrrole nitrogens is 1. The lowest BCUT2D eigenvalue weighted by atomic mass is 10.2. The largest absolute Gasteiger partial charge is 0.497 e. The number of thiocarbonyl (C=S) groups is 1. The molecular formula is C9H10N4OS. The quantitative estimate of drug-likeness (QED) is 0.666. The lowest BCUT2D eigenvalue weighted by molar-refractivity contribution is 0.415. The summed E-state index contributed by atoms with van der Waals surface area (Å²) in [6.07, 6.45) is 0. The average molecular weight is 222 g/mol. The van der Waals surface area contributed by atoms with Crippen molar-refractivity contribution in [3.63, 3.8) is 0 Å². The molecule has 15 heavy (non-hydrogen) atoms. The van der Waals surface area contributed by atoms with Crippen LogP contribution in [0.1, 0.15) is 0 Å². The molecule has 0 spiro atoms. The second-order valence-electron chi connectivity index (χ2n) is 2.97. The number of nitrogens with one attached hydrogen (secondary N) is 2. The normalized spacial score (nSPS) is 10.2. The zero-order valence-corrected chi connectivity index (χ0v) is 8.89. The molecule has 4 N–H and O–H groups in total. The third-order valence-corrected chi connectivity index (χ3v) is 2.11. The molecule has 0 fully saturated rings. The fourth-order valence-corrected chi connectivity index (χ4v) is 1.43. The molecule has 6 heteroatoms. The van der Waals surface area contributed by atoms with Gasteiger partial charge in [0.25, 0.3) is 0 Å². The van der Waals surface area contributed by atoms with Gasteiger partial charge >= 0.3 is 0 Å². The number of fused-ring (bicyclic) bond motifs is 1. The Morgan fingerprint density at radius 2 is 2.40 bits per heavy atom. The first-order chi connectivity index (χ1) is 7.20. The van der Waals surface area contributed by atoms with E-state index in [-0.39, 0.29) is 5.11 Å². The van der Waals surface area contributed by atoms with Gasteiger partial charge in [0.05, 0.1) is 12.6 Å². The van der Waals surface area contributed by atoms with Crippen LogP contribution < -0.4 is 15.8 Å². The zero-order chi connectivity index (χ0) is 10.8. The molecule has 2 aromatic rings. The maximum absolute atomic E-state index is 5.38. The Hall–Kier alpha value is -1.82. The van der Waals surface area contributed by atoms with E-state index in [2.05, 4.69) is 15.5 Å². The van der Waals surface area contributed by atoms with Gasteiger partial charge in [0.1, 0.15) is 5.75 Å². The molecule has 0 saturated heterocycles. The molecular weight excluding hydrogens is 212 g/mol. The van der Waals surface area contributed by atoms with Gasteiger partial charge in [0, 0.05) is 5.39 Å². The van der Waals surface area contributed by atoms with Gasteiger partial charge in [-0.15, -0.1) is 0 Å². The molecule has 0 bridgehead atoms. The van der Waals surface area contributed by atoms with Gasteiger partial charge in [-0.25, -0.2) is 0 Å². The minimum absolute atomic E-state index is 0.186. The number of rotatable bonds is 2. The van der Waals surface area contributed by atoms with Gasteiger partial charge in [-0.2, -0.15) is 5.10 Å². The third-order valence-electron chi connectivity index (χ3n) is 2.01. The number of aromatic nitrogens is 2. The predicted molar refractivity (Wildman–Crippen MR) is 63.1 cm³/mol. The number of aromatic amines is 1. The van der Waals surface area contributed by atoms with Gasteiger partial charge in [-0.1, -0.05) is 0 Å². The molecule has 0 saturated carbocycles. The van der Waals surface area contributed by atoms with Crippen molar-refractivity contribution in [3.8, 4) is 5.75 Å². The van der Waals surface area contributed by atoms with Crippen molar-refractivity contribution in [2.75, 3.05) is 12.4 Å². The van der Waals surface area contributed by atoms with E-state index in [4.69, 9.17) is 22.7 Å². The summed E-state index contributed by atoms with van der Waals surface area (Å²) in [4.78, 5) is 0. The van der Waals surface area contributed by atoms with Crippen molar-refractivity contribution in [1.82, 2.24) is 10.2 Å². The molecule has 0 amide bonds. The smallest absolute Gasteiger partial charge is 0.169 e. The lowest BCUT2D eigenvalue weighted by Crippen LogP contribution is -2.19. The first-order valence-electron chi connectivity index (χ1n) is 4.29. The molecule has 0 unspecified atom stereocenters. The van der Waals surface area contributed by atoms with E-state index in [0.29, 0.717) is 5.82 Å². The van der Waals surface area contributed by atoms with E-state index < -0.39 is 0 Å². The molecule has 2 rings (SSSR count). The van der Waals surface area contributed by atoms with Crippen LogP contribution in [0, 0.1) is 0 Å². The van der Waals surface area contributed by atoms with Crippen LogP contribution in [0.15, 0.2) is 18.2 Å². The summed E-state index contributed by atoms with van der Waals surface area (Å²) in [5, 5.41) is 10.8. The predicted octanol–water partition coefficient (Wildman–Crippen LogP) is 1.23. The monoisotopic (exact) mass is 222 g/mol. The third kappa shape index (κ3) is 1.84. The topological polar surface area (TPSA) is 76.0 Å². The summed E-state index contributed by atoms with van der Waals surface area (Å²) in [6, 6.07) is 5.59. The highest BCUT2D eigenvalue weighted by atomic mass is 32.1. The van der Waals surface area contributed by atoms with Gasteiger partial charge in [-0.05, 0) is 30.4 Å². The molecule has 1 aromatic carbocycles. The molecule has 0 aliphatic heterocycles. The van der Waals surface area contributed by atoms with Crippen molar-refractivity contribution >= 4 is 34.1 Å². The van der Waals surface area contributed by atoms with Crippen molar-refractivity contribution in [2.24, 2.45) is 5.73 Å². The molecule has 0 aliphatic carbocycles. The van der Waals surface area contributed by atoms with E-state index >= 15 is 0 Å². The van der Waals surface area contributed by atoms with Crippen LogP contribution in [0.2, 0.25) is 0 Å². The Morgan fingerprint density at radius 1 is 1.60 bits per heavy atom. The van der Waals surface area contributed by atoms with Crippen molar-refractivity contribution < 1.29 is 4.74 Å². The summed E-state index contributed by atoms with van der Waals surface area (Å²) < 4.78 is 5.12. The molecule has 0 atom stereocenters. The van der Waals surface area contributed by atoms with Gasteiger partial charge in [-0.3, -0.25) is 5.10 Å². The maximum Gasteiger partial charge on any atom is 0.169 e. The summed E-state index contributed by atoms with van der Waals surface area (Å²) >= 11 is 4.75. The Morgan fingerprint density at radius 3 is 3.07 bits per heavy atom. The average Bonchev–Trinajstić information content (AvgIpc) is 2.60. The fraction of sp³-hybridized carbons (Fsp3) is 0.111. The second kappa shape index (κ2) is 3.74. The molecule has 78 valence electrons. The first-order valence-corrected chi connectivity index (χ1v) is 4.70. The van der Waals surface area contributed by atoms with E-state index in [1.54, 1.807) is 7.11 Å². The molecule has 5 nitrogen and oxygen atoms in total. The number of anilines is 1. The SMILES string of the molecule is COc1ccc2[nH]nc(NC(N)=S)c2c1. The lowest BCUT2D eigenvalue weighted by Gasteiger charge is -2.01. The number of nitrogens with zero attached hydrogens (tertiary/aromatic N) is 1. The minimum atomic E-state index is 0.186. The molecule has 1 heterocycles. The van der Waals surface area contributed by atoms with Crippen LogP contribution in [0.25, 0.3) is 10.9 Å². The Balaban J connectivity index is 2.51. The van der Waals surface area contributed by atoms with Crippen molar-refractivity contribution in [2.45, 2.75) is 0 Å². The summed E-state index contributed by atoms with van der Waals surface area (Å²) in [7, 11) is 1.61. The summed E-state index contributed by atoms with van der Waals surface area (Å²) in [5.41, 5.74) is 6.28.